The number of anilines is 1. The largest absolute Gasteiger partial charge is 0.379 e. The first-order valence-corrected chi connectivity index (χ1v) is 5.72. The van der Waals surface area contributed by atoms with E-state index in [9.17, 15) is 13.6 Å². The standard InChI is InChI=1S/C12H12F2N4O2/c1-6(7-3-4-8(13)9(14)5-7)18(2)12(19)10-11(15)17-20-16-10/h3-6H,1-2H3,(H2,15,17). The molecule has 106 valence electrons. The van der Waals surface area contributed by atoms with Gasteiger partial charge < -0.3 is 10.6 Å². The Labute approximate surface area is 113 Å². The minimum Gasteiger partial charge on any atom is -0.379 e. The van der Waals surface area contributed by atoms with Gasteiger partial charge in [0.2, 0.25) is 11.5 Å². The molecule has 0 saturated heterocycles. The molecule has 1 atom stereocenters. The van der Waals surface area contributed by atoms with Crippen molar-refractivity contribution in [2.75, 3.05) is 12.8 Å². The summed E-state index contributed by atoms with van der Waals surface area (Å²) in [5, 5.41) is 6.72. The van der Waals surface area contributed by atoms with E-state index in [1.807, 2.05) is 0 Å². The molecule has 0 spiro atoms. The van der Waals surface area contributed by atoms with E-state index in [2.05, 4.69) is 14.9 Å². The minimum absolute atomic E-state index is 0.123. The van der Waals surface area contributed by atoms with Crippen molar-refractivity contribution in [2.45, 2.75) is 13.0 Å². The fourth-order valence-corrected chi connectivity index (χ4v) is 1.68. The second kappa shape index (κ2) is 5.24. The molecule has 2 N–H and O–H groups in total. The lowest BCUT2D eigenvalue weighted by atomic mass is 10.1. The molecule has 1 amide bonds. The van der Waals surface area contributed by atoms with E-state index in [4.69, 9.17) is 5.73 Å². The Hall–Kier alpha value is -2.51. The lowest BCUT2D eigenvalue weighted by molar-refractivity contribution is 0.0732. The van der Waals surface area contributed by atoms with Gasteiger partial charge in [0, 0.05) is 7.05 Å². The van der Waals surface area contributed by atoms with Gasteiger partial charge in [-0.05, 0) is 34.9 Å². The van der Waals surface area contributed by atoms with Gasteiger partial charge in [-0.1, -0.05) is 6.07 Å². The average Bonchev–Trinajstić information content (AvgIpc) is 2.85. The first kappa shape index (κ1) is 13.9. The molecule has 0 aliphatic rings. The number of carbonyl (C=O) groups is 1. The highest BCUT2D eigenvalue weighted by Crippen LogP contribution is 2.23. The molecule has 1 heterocycles. The number of hydrogen-bond donors (Lipinski definition) is 1. The van der Waals surface area contributed by atoms with Crippen molar-refractivity contribution in [1.82, 2.24) is 15.2 Å². The van der Waals surface area contributed by atoms with Gasteiger partial charge in [-0.2, -0.15) is 0 Å². The van der Waals surface area contributed by atoms with Gasteiger partial charge in [0.1, 0.15) is 0 Å². The molecule has 20 heavy (non-hydrogen) atoms. The second-order valence-corrected chi connectivity index (χ2v) is 4.26. The Morgan fingerprint density at radius 3 is 2.60 bits per heavy atom. The molecule has 0 saturated carbocycles. The third-order valence-corrected chi connectivity index (χ3v) is 3.04. The van der Waals surface area contributed by atoms with Crippen LogP contribution in [0.15, 0.2) is 22.8 Å². The monoisotopic (exact) mass is 282 g/mol. The van der Waals surface area contributed by atoms with Crippen molar-refractivity contribution in [3.05, 3.63) is 41.1 Å². The number of rotatable bonds is 3. The molecule has 2 aromatic rings. The maximum atomic E-state index is 13.2. The third kappa shape index (κ3) is 2.44. The van der Waals surface area contributed by atoms with Crippen LogP contribution >= 0.6 is 0 Å². The Balaban J connectivity index is 2.24. The number of nitrogen functional groups attached to an aromatic ring is 1. The fraction of sp³-hybridized carbons (Fsp3) is 0.250. The smallest absolute Gasteiger partial charge is 0.280 e. The van der Waals surface area contributed by atoms with Gasteiger partial charge in [-0.3, -0.25) is 4.79 Å². The van der Waals surface area contributed by atoms with E-state index in [1.54, 1.807) is 6.92 Å². The molecule has 0 aliphatic heterocycles. The van der Waals surface area contributed by atoms with Crippen molar-refractivity contribution in [2.24, 2.45) is 0 Å². The average molecular weight is 282 g/mol. The number of benzene rings is 1. The van der Waals surface area contributed by atoms with E-state index >= 15 is 0 Å². The highest BCUT2D eigenvalue weighted by Gasteiger charge is 2.24. The van der Waals surface area contributed by atoms with Crippen LogP contribution in [-0.2, 0) is 0 Å². The van der Waals surface area contributed by atoms with E-state index in [-0.39, 0.29) is 11.5 Å². The van der Waals surface area contributed by atoms with E-state index < -0.39 is 23.6 Å². The molecule has 8 heteroatoms. The van der Waals surface area contributed by atoms with Crippen molar-refractivity contribution in [3.8, 4) is 0 Å². The summed E-state index contributed by atoms with van der Waals surface area (Å²) < 4.78 is 30.5. The summed E-state index contributed by atoms with van der Waals surface area (Å²) in [6, 6.07) is 2.94. The zero-order valence-electron chi connectivity index (χ0n) is 10.8. The normalized spacial score (nSPS) is 12.2. The summed E-state index contributed by atoms with van der Waals surface area (Å²) in [6.07, 6.45) is 0. The number of nitrogens with two attached hydrogens (primary N) is 1. The van der Waals surface area contributed by atoms with Crippen LogP contribution in [0.2, 0.25) is 0 Å². The fourth-order valence-electron chi connectivity index (χ4n) is 1.68. The van der Waals surface area contributed by atoms with Crippen molar-refractivity contribution < 1.29 is 18.2 Å². The zero-order chi connectivity index (χ0) is 14.9. The Morgan fingerprint density at radius 1 is 1.35 bits per heavy atom. The van der Waals surface area contributed by atoms with Crippen LogP contribution in [0.3, 0.4) is 0 Å². The van der Waals surface area contributed by atoms with Crippen molar-refractivity contribution in [1.29, 1.82) is 0 Å². The topological polar surface area (TPSA) is 85.2 Å². The summed E-state index contributed by atoms with van der Waals surface area (Å²) in [4.78, 5) is 13.4. The van der Waals surface area contributed by atoms with Crippen LogP contribution in [0.1, 0.15) is 29.0 Å². The van der Waals surface area contributed by atoms with E-state index in [0.717, 1.165) is 12.1 Å². The summed E-state index contributed by atoms with van der Waals surface area (Å²) in [6.45, 7) is 1.66. The molecule has 0 radical (unpaired) electrons. The number of amides is 1. The molecule has 0 aliphatic carbocycles. The number of nitrogens with zero attached hydrogens (tertiary/aromatic N) is 3. The van der Waals surface area contributed by atoms with Gasteiger partial charge in [-0.15, -0.1) is 0 Å². The number of aromatic nitrogens is 2. The van der Waals surface area contributed by atoms with Crippen LogP contribution in [0.5, 0.6) is 0 Å². The quantitative estimate of drug-likeness (QED) is 0.927. The lowest BCUT2D eigenvalue weighted by Crippen LogP contribution is -2.30. The predicted molar refractivity (Wildman–Crippen MR) is 65.6 cm³/mol. The summed E-state index contributed by atoms with van der Waals surface area (Å²) in [5.41, 5.74) is 5.75. The SMILES string of the molecule is CC(c1ccc(F)c(F)c1)N(C)C(=O)c1nonc1N. The molecular formula is C12H12F2N4O2. The lowest BCUT2D eigenvalue weighted by Gasteiger charge is -2.24. The highest BCUT2D eigenvalue weighted by molar-refractivity contribution is 5.96. The van der Waals surface area contributed by atoms with Gasteiger partial charge in [0.05, 0.1) is 6.04 Å². The zero-order valence-corrected chi connectivity index (χ0v) is 10.8. The minimum atomic E-state index is -0.974. The molecule has 6 nitrogen and oxygen atoms in total. The summed E-state index contributed by atoms with van der Waals surface area (Å²) in [7, 11) is 1.49. The van der Waals surface area contributed by atoms with Gasteiger partial charge in [-0.25, -0.2) is 13.4 Å². The Kier molecular flexibility index (Phi) is 3.64. The van der Waals surface area contributed by atoms with E-state index in [0.29, 0.717) is 5.56 Å². The number of carbonyl (C=O) groups excluding carboxylic acids is 1. The Morgan fingerprint density at radius 2 is 2.05 bits per heavy atom. The van der Waals surface area contributed by atoms with Gasteiger partial charge in [0.25, 0.3) is 5.91 Å². The third-order valence-electron chi connectivity index (χ3n) is 3.04. The highest BCUT2D eigenvalue weighted by atomic mass is 19.2. The first-order valence-electron chi connectivity index (χ1n) is 5.72. The van der Waals surface area contributed by atoms with E-state index in [1.165, 1.54) is 18.0 Å². The number of hydrogen-bond acceptors (Lipinski definition) is 5. The first-order chi connectivity index (χ1) is 9.41. The van der Waals surface area contributed by atoms with Crippen LogP contribution in [0, 0.1) is 11.6 Å². The molecule has 0 bridgehead atoms. The van der Waals surface area contributed by atoms with Crippen molar-refractivity contribution in [3.63, 3.8) is 0 Å². The Bertz CT molecular complexity index is 644. The molecular weight excluding hydrogens is 270 g/mol. The molecule has 2 rings (SSSR count). The van der Waals surface area contributed by atoms with Crippen LogP contribution in [-0.4, -0.2) is 28.2 Å². The number of halogens is 2. The summed E-state index contributed by atoms with van der Waals surface area (Å²) >= 11 is 0. The molecule has 1 aromatic heterocycles. The van der Waals surface area contributed by atoms with Crippen LogP contribution in [0.25, 0.3) is 0 Å². The molecule has 0 fully saturated rings. The van der Waals surface area contributed by atoms with Crippen molar-refractivity contribution >= 4 is 11.7 Å². The maximum absolute atomic E-state index is 13.2. The molecule has 1 aromatic carbocycles. The molecule has 1 unspecified atom stereocenters. The van der Waals surface area contributed by atoms with Gasteiger partial charge in [0.15, 0.2) is 11.6 Å². The van der Waals surface area contributed by atoms with Crippen LogP contribution in [0.4, 0.5) is 14.6 Å². The van der Waals surface area contributed by atoms with Crippen LogP contribution < -0.4 is 5.73 Å². The predicted octanol–water partition coefficient (Wildman–Crippen LogP) is 1.76. The maximum Gasteiger partial charge on any atom is 0.280 e. The second-order valence-electron chi connectivity index (χ2n) is 4.26. The van der Waals surface area contributed by atoms with Gasteiger partial charge >= 0.3 is 0 Å². The summed E-state index contributed by atoms with van der Waals surface area (Å²) in [5.74, 6) is -2.57.